The molecule has 1 unspecified atom stereocenters. The molecule has 2 heterocycles. The number of aryl methyl sites for hydroxylation is 1. The van der Waals surface area contributed by atoms with Crippen LogP contribution in [0.2, 0.25) is 0 Å². The van der Waals surface area contributed by atoms with Crippen LogP contribution >= 0.6 is 0 Å². The molecule has 100 valence electrons. The van der Waals surface area contributed by atoms with Gasteiger partial charge in [0.2, 0.25) is 0 Å². The van der Waals surface area contributed by atoms with Crippen LogP contribution in [-0.4, -0.2) is 19.6 Å². The van der Waals surface area contributed by atoms with Crippen molar-refractivity contribution in [2.45, 2.75) is 25.3 Å². The molecular formula is C15H15N5. The van der Waals surface area contributed by atoms with E-state index in [4.69, 9.17) is 0 Å². The highest BCUT2D eigenvalue weighted by molar-refractivity contribution is 5.62. The summed E-state index contributed by atoms with van der Waals surface area (Å²) in [7, 11) is 0. The fraction of sp³-hybridized carbons (Fsp3) is 0.267. The van der Waals surface area contributed by atoms with Gasteiger partial charge in [-0.05, 0) is 30.4 Å². The van der Waals surface area contributed by atoms with Crippen LogP contribution in [0.1, 0.15) is 30.0 Å². The summed E-state index contributed by atoms with van der Waals surface area (Å²) < 4.78 is 1.74. The minimum Gasteiger partial charge on any atom is -0.360 e. The summed E-state index contributed by atoms with van der Waals surface area (Å²) >= 11 is 0. The van der Waals surface area contributed by atoms with Crippen LogP contribution in [0, 0.1) is 0 Å². The van der Waals surface area contributed by atoms with E-state index >= 15 is 0 Å². The monoisotopic (exact) mass is 265 g/mol. The molecule has 1 aromatic carbocycles. The van der Waals surface area contributed by atoms with E-state index in [1.807, 2.05) is 6.20 Å². The van der Waals surface area contributed by atoms with E-state index in [9.17, 15) is 0 Å². The van der Waals surface area contributed by atoms with Crippen molar-refractivity contribution in [3.63, 3.8) is 0 Å². The molecule has 0 bridgehead atoms. The molecular weight excluding hydrogens is 250 g/mol. The summed E-state index contributed by atoms with van der Waals surface area (Å²) in [6, 6.07) is 8.93. The number of benzene rings is 1. The van der Waals surface area contributed by atoms with Gasteiger partial charge in [-0.1, -0.05) is 24.3 Å². The molecule has 5 nitrogen and oxygen atoms in total. The maximum Gasteiger partial charge on any atom is 0.196 e. The summed E-state index contributed by atoms with van der Waals surface area (Å²) in [6.07, 6.45) is 8.61. The maximum atomic E-state index is 4.34. The molecule has 1 N–H and O–H groups in total. The van der Waals surface area contributed by atoms with Crippen molar-refractivity contribution >= 4 is 11.5 Å². The van der Waals surface area contributed by atoms with Crippen molar-refractivity contribution in [3.05, 3.63) is 54.1 Å². The summed E-state index contributed by atoms with van der Waals surface area (Å²) in [5.41, 5.74) is 3.59. The molecule has 0 aliphatic heterocycles. The number of fused-ring (bicyclic) bond motifs is 2. The van der Waals surface area contributed by atoms with E-state index in [1.54, 1.807) is 17.0 Å². The zero-order valence-corrected chi connectivity index (χ0v) is 11.0. The Kier molecular flexibility index (Phi) is 2.62. The van der Waals surface area contributed by atoms with E-state index in [2.05, 4.69) is 44.6 Å². The highest BCUT2D eigenvalue weighted by Crippen LogP contribution is 2.32. The number of rotatable bonds is 2. The fourth-order valence-electron chi connectivity index (χ4n) is 2.93. The van der Waals surface area contributed by atoms with Crippen LogP contribution in [0.4, 0.5) is 5.82 Å². The van der Waals surface area contributed by atoms with E-state index in [-0.39, 0.29) is 0 Å². The maximum absolute atomic E-state index is 4.34. The first-order chi connectivity index (χ1) is 9.92. The molecule has 0 spiro atoms. The first-order valence-corrected chi connectivity index (χ1v) is 6.90. The first-order valence-electron chi connectivity index (χ1n) is 6.90. The molecule has 20 heavy (non-hydrogen) atoms. The van der Waals surface area contributed by atoms with E-state index in [0.29, 0.717) is 6.04 Å². The van der Waals surface area contributed by atoms with Crippen LogP contribution in [0.3, 0.4) is 0 Å². The lowest BCUT2D eigenvalue weighted by molar-refractivity contribution is 0.598. The normalized spacial score (nSPS) is 17.9. The second kappa shape index (κ2) is 4.59. The average Bonchev–Trinajstić information content (AvgIpc) is 2.97. The standard InChI is InChI=1S/C15H15N5/c1-2-6-12-11(4-1)5-3-7-13(12)19-14-15-16-8-9-20(15)18-10-17-14/h1-2,4,6,8-10,13H,3,5,7H2,(H,17,18,19). The van der Waals surface area contributed by atoms with Gasteiger partial charge in [0.05, 0.1) is 6.04 Å². The first kappa shape index (κ1) is 11.4. The van der Waals surface area contributed by atoms with E-state index < -0.39 is 0 Å². The van der Waals surface area contributed by atoms with Gasteiger partial charge < -0.3 is 5.32 Å². The van der Waals surface area contributed by atoms with Gasteiger partial charge in [0.1, 0.15) is 6.33 Å². The molecule has 0 saturated carbocycles. The van der Waals surface area contributed by atoms with Crippen molar-refractivity contribution in [1.29, 1.82) is 0 Å². The minimum absolute atomic E-state index is 0.301. The molecule has 1 aliphatic rings. The van der Waals surface area contributed by atoms with Crippen LogP contribution in [-0.2, 0) is 6.42 Å². The highest BCUT2D eigenvalue weighted by atomic mass is 15.3. The van der Waals surface area contributed by atoms with Crippen molar-refractivity contribution in [2.24, 2.45) is 0 Å². The van der Waals surface area contributed by atoms with Gasteiger partial charge in [-0.25, -0.2) is 14.5 Å². The third-order valence-corrected chi connectivity index (χ3v) is 3.88. The number of aromatic nitrogens is 4. The Labute approximate surface area is 116 Å². The van der Waals surface area contributed by atoms with Crippen molar-refractivity contribution in [1.82, 2.24) is 19.6 Å². The Bertz CT molecular complexity index is 749. The Balaban J connectivity index is 1.72. The molecule has 5 heteroatoms. The molecule has 0 saturated heterocycles. The zero-order valence-electron chi connectivity index (χ0n) is 11.0. The van der Waals surface area contributed by atoms with Gasteiger partial charge in [0.15, 0.2) is 11.5 Å². The third-order valence-electron chi connectivity index (χ3n) is 3.88. The topological polar surface area (TPSA) is 55.1 Å². The SMILES string of the molecule is c1ccc2c(c1)CCCC2Nc1ncnn2ccnc12. The van der Waals surface area contributed by atoms with Crippen LogP contribution in [0.15, 0.2) is 43.0 Å². The van der Waals surface area contributed by atoms with Crippen LogP contribution in [0.5, 0.6) is 0 Å². The van der Waals surface area contributed by atoms with Crippen molar-refractivity contribution < 1.29 is 0 Å². The molecule has 4 rings (SSSR count). The number of anilines is 1. The Morgan fingerprint density at radius 1 is 1.20 bits per heavy atom. The van der Waals surface area contributed by atoms with E-state index in [0.717, 1.165) is 24.3 Å². The largest absolute Gasteiger partial charge is 0.360 e. The summed E-state index contributed by atoms with van der Waals surface area (Å²) in [5.74, 6) is 0.798. The second-order valence-electron chi connectivity index (χ2n) is 5.09. The number of nitrogens with zero attached hydrogens (tertiary/aromatic N) is 4. The van der Waals surface area contributed by atoms with Gasteiger partial charge in [0.25, 0.3) is 0 Å². The quantitative estimate of drug-likeness (QED) is 0.774. The molecule has 0 radical (unpaired) electrons. The van der Waals surface area contributed by atoms with Gasteiger partial charge in [-0.2, -0.15) is 5.10 Å². The van der Waals surface area contributed by atoms with Gasteiger partial charge in [-0.3, -0.25) is 0 Å². The Hall–Kier alpha value is -2.43. The molecule has 1 atom stereocenters. The minimum atomic E-state index is 0.301. The van der Waals surface area contributed by atoms with Gasteiger partial charge in [0, 0.05) is 12.4 Å². The van der Waals surface area contributed by atoms with Crippen LogP contribution < -0.4 is 5.32 Å². The Morgan fingerprint density at radius 3 is 3.15 bits per heavy atom. The lowest BCUT2D eigenvalue weighted by atomic mass is 9.88. The van der Waals surface area contributed by atoms with Crippen LogP contribution in [0.25, 0.3) is 5.65 Å². The zero-order chi connectivity index (χ0) is 13.4. The molecule has 3 aromatic rings. The van der Waals surface area contributed by atoms with Gasteiger partial charge in [-0.15, -0.1) is 0 Å². The summed E-state index contributed by atoms with van der Waals surface area (Å²) in [5, 5.41) is 7.67. The summed E-state index contributed by atoms with van der Waals surface area (Å²) in [6.45, 7) is 0. The second-order valence-corrected chi connectivity index (χ2v) is 5.09. The summed E-state index contributed by atoms with van der Waals surface area (Å²) in [4.78, 5) is 8.66. The Morgan fingerprint density at radius 2 is 2.15 bits per heavy atom. The van der Waals surface area contributed by atoms with Gasteiger partial charge >= 0.3 is 0 Å². The molecule has 1 aliphatic carbocycles. The lowest BCUT2D eigenvalue weighted by Gasteiger charge is -2.26. The van der Waals surface area contributed by atoms with E-state index in [1.165, 1.54) is 17.5 Å². The number of hydrogen-bond donors (Lipinski definition) is 1. The van der Waals surface area contributed by atoms with Crippen molar-refractivity contribution in [3.8, 4) is 0 Å². The third kappa shape index (κ3) is 1.82. The van der Waals surface area contributed by atoms with Crippen molar-refractivity contribution in [2.75, 3.05) is 5.32 Å². The highest BCUT2D eigenvalue weighted by Gasteiger charge is 2.20. The molecule has 2 aromatic heterocycles. The number of imidazole rings is 1. The number of nitrogens with one attached hydrogen (secondary N) is 1. The smallest absolute Gasteiger partial charge is 0.196 e. The lowest BCUT2D eigenvalue weighted by Crippen LogP contribution is -2.18. The average molecular weight is 265 g/mol. The predicted octanol–water partition coefficient (Wildman–Crippen LogP) is 2.61. The molecule has 0 fully saturated rings. The number of hydrogen-bond acceptors (Lipinski definition) is 4. The fourth-order valence-corrected chi connectivity index (χ4v) is 2.93. The molecule has 0 amide bonds. The predicted molar refractivity (Wildman–Crippen MR) is 76.5 cm³/mol.